The predicted octanol–water partition coefficient (Wildman–Crippen LogP) is 5.05. The molecule has 2 aromatic rings. The maximum Gasteiger partial charge on any atom is 0.0178 e. The Kier molecular flexibility index (Phi) is 4.19. The zero-order chi connectivity index (χ0) is 11.4. The van der Waals surface area contributed by atoms with Gasteiger partial charge < -0.3 is 0 Å². The minimum atomic E-state index is 1.05. The summed E-state index contributed by atoms with van der Waals surface area (Å²) >= 11 is 5.38. The van der Waals surface area contributed by atoms with Crippen LogP contribution >= 0.6 is 27.3 Å². The molecule has 0 aliphatic rings. The largest absolute Gasteiger partial charge is 0.148 e. The summed E-state index contributed by atoms with van der Waals surface area (Å²) in [5, 5.41) is 2.29. The molecule has 0 amide bonds. The van der Waals surface area contributed by atoms with Crippen molar-refractivity contribution in [2.75, 3.05) is 0 Å². The van der Waals surface area contributed by atoms with E-state index in [9.17, 15) is 0 Å². The molecule has 1 aromatic heterocycles. The van der Waals surface area contributed by atoms with Crippen LogP contribution < -0.4 is 0 Å². The first kappa shape index (κ1) is 11.9. The van der Waals surface area contributed by atoms with Crippen molar-refractivity contribution >= 4 is 27.3 Å². The van der Waals surface area contributed by atoms with Gasteiger partial charge in [0, 0.05) is 15.8 Å². The van der Waals surface area contributed by atoms with Gasteiger partial charge in [-0.05, 0) is 41.1 Å². The Morgan fingerprint density at radius 3 is 2.81 bits per heavy atom. The lowest BCUT2D eigenvalue weighted by atomic mass is 10.1. The second-order valence-electron chi connectivity index (χ2n) is 3.98. The fraction of sp³-hybridized carbons (Fsp3) is 0.286. The number of halogens is 1. The van der Waals surface area contributed by atoms with Gasteiger partial charge in [-0.3, -0.25) is 0 Å². The van der Waals surface area contributed by atoms with Gasteiger partial charge in [-0.25, -0.2) is 0 Å². The summed E-state index contributed by atoms with van der Waals surface area (Å²) in [6.07, 6.45) is 3.48. The highest BCUT2D eigenvalue weighted by Crippen LogP contribution is 2.21. The van der Waals surface area contributed by atoms with Crippen molar-refractivity contribution in [2.24, 2.45) is 0 Å². The topological polar surface area (TPSA) is 0 Å². The lowest BCUT2D eigenvalue weighted by Gasteiger charge is -1.99. The lowest BCUT2D eigenvalue weighted by molar-refractivity contribution is 0.925. The highest BCUT2D eigenvalue weighted by Gasteiger charge is 2.01. The molecule has 0 N–H and O–H groups in total. The minimum absolute atomic E-state index is 1.05. The van der Waals surface area contributed by atoms with Crippen molar-refractivity contribution < 1.29 is 0 Å². The molecule has 0 fully saturated rings. The summed E-state index contributed by atoms with van der Waals surface area (Å²) in [4.78, 5) is 1.46. The van der Waals surface area contributed by atoms with Crippen LogP contribution in [0.4, 0.5) is 0 Å². The number of aryl methyl sites for hydroxylation is 1. The Bertz CT molecular complexity index is 459. The van der Waals surface area contributed by atoms with Crippen LogP contribution in [0.1, 0.15) is 29.3 Å². The van der Waals surface area contributed by atoms with Crippen molar-refractivity contribution in [3.8, 4) is 0 Å². The summed E-state index contributed by atoms with van der Waals surface area (Å²) in [5.41, 5.74) is 2.86. The molecule has 2 rings (SSSR count). The fourth-order valence-electron chi connectivity index (χ4n) is 1.79. The monoisotopic (exact) mass is 294 g/mol. The van der Waals surface area contributed by atoms with Crippen molar-refractivity contribution in [1.29, 1.82) is 0 Å². The molecule has 0 atom stereocenters. The highest BCUT2D eigenvalue weighted by molar-refractivity contribution is 9.10. The molecule has 1 aromatic carbocycles. The Morgan fingerprint density at radius 2 is 2.06 bits per heavy atom. The van der Waals surface area contributed by atoms with Crippen LogP contribution in [-0.2, 0) is 12.8 Å². The summed E-state index contributed by atoms with van der Waals surface area (Å²) in [5.74, 6) is 0. The summed E-state index contributed by atoms with van der Waals surface area (Å²) in [7, 11) is 0. The van der Waals surface area contributed by atoms with Gasteiger partial charge in [0.25, 0.3) is 0 Å². The van der Waals surface area contributed by atoms with Crippen LogP contribution in [0.15, 0.2) is 40.2 Å². The molecule has 84 valence electrons. The van der Waals surface area contributed by atoms with Crippen LogP contribution in [0.3, 0.4) is 0 Å². The zero-order valence-electron chi connectivity index (χ0n) is 9.37. The number of hydrogen-bond donors (Lipinski definition) is 0. The quantitative estimate of drug-likeness (QED) is 0.740. The van der Waals surface area contributed by atoms with Gasteiger partial charge >= 0.3 is 0 Å². The molecule has 0 radical (unpaired) electrons. The number of benzene rings is 1. The molecule has 0 aliphatic heterocycles. The van der Waals surface area contributed by atoms with Crippen molar-refractivity contribution in [2.45, 2.75) is 26.2 Å². The maximum atomic E-state index is 3.51. The third-order valence-corrected chi connectivity index (χ3v) is 3.99. The Morgan fingerprint density at radius 1 is 1.19 bits per heavy atom. The standard InChI is InChI=1S/C14H15BrS/c1-2-4-12-9-14(16-10-12)8-11-5-3-6-13(15)7-11/h3,5-7,9-10H,2,4,8H2,1H3. The summed E-state index contributed by atoms with van der Waals surface area (Å²) < 4.78 is 1.16. The molecular weight excluding hydrogens is 280 g/mol. The normalized spacial score (nSPS) is 10.6. The van der Waals surface area contributed by atoms with E-state index in [4.69, 9.17) is 0 Å². The molecule has 16 heavy (non-hydrogen) atoms. The van der Waals surface area contributed by atoms with Gasteiger partial charge in [0.1, 0.15) is 0 Å². The molecule has 0 nitrogen and oxygen atoms in total. The van der Waals surface area contributed by atoms with Gasteiger partial charge in [-0.2, -0.15) is 0 Å². The minimum Gasteiger partial charge on any atom is -0.148 e. The average molecular weight is 295 g/mol. The molecule has 1 heterocycles. The van der Waals surface area contributed by atoms with E-state index < -0.39 is 0 Å². The first-order valence-corrected chi connectivity index (χ1v) is 7.26. The van der Waals surface area contributed by atoms with E-state index in [0.29, 0.717) is 0 Å². The van der Waals surface area contributed by atoms with E-state index in [0.717, 1.165) is 10.9 Å². The maximum absolute atomic E-state index is 3.51. The van der Waals surface area contributed by atoms with E-state index in [1.807, 2.05) is 11.3 Å². The Balaban J connectivity index is 2.08. The second-order valence-corrected chi connectivity index (χ2v) is 5.89. The Hall–Kier alpha value is -0.600. The molecule has 0 spiro atoms. The highest BCUT2D eigenvalue weighted by atomic mass is 79.9. The Labute approximate surface area is 109 Å². The van der Waals surface area contributed by atoms with Crippen molar-refractivity contribution in [3.63, 3.8) is 0 Å². The van der Waals surface area contributed by atoms with Crippen LogP contribution in [-0.4, -0.2) is 0 Å². The number of thiophene rings is 1. The third kappa shape index (κ3) is 3.19. The molecule has 2 heteroatoms. The number of hydrogen-bond acceptors (Lipinski definition) is 1. The molecule has 0 aliphatic carbocycles. The third-order valence-electron chi connectivity index (χ3n) is 2.51. The van der Waals surface area contributed by atoms with Crippen molar-refractivity contribution in [1.82, 2.24) is 0 Å². The van der Waals surface area contributed by atoms with Crippen molar-refractivity contribution in [3.05, 3.63) is 56.2 Å². The van der Waals surface area contributed by atoms with E-state index in [1.54, 1.807) is 0 Å². The van der Waals surface area contributed by atoms with E-state index in [-0.39, 0.29) is 0 Å². The smallest absolute Gasteiger partial charge is 0.0178 e. The van der Waals surface area contributed by atoms with E-state index in [2.05, 4.69) is 58.6 Å². The van der Waals surface area contributed by atoms with Gasteiger partial charge in [0.2, 0.25) is 0 Å². The van der Waals surface area contributed by atoms with Crippen LogP contribution in [0.2, 0.25) is 0 Å². The fourth-order valence-corrected chi connectivity index (χ4v) is 3.19. The number of rotatable bonds is 4. The summed E-state index contributed by atoms with van der Waals surface area (Å²) in [6.45, 7) is 2.23. The van der Waals surface area contributed by atoms with Crippen LogP contribution in [0, 0.1) is 0 Å². The molecule has 0 unspecified atom stereocenters. The van der Waals surface area contributed by atoms with Gasteiger partial charge in [-0.1, -0.05) is 41.4 Å². The predicted molar refractivity (Wildman–Crippen MR) is 75.3 cm³/mol. The SMILES string of the molecule is CCCc1csc(Cc2cccc(Br)c2)c1. The molecular formula is C14H15BrS. The van der Waals surface area contributed by atoms with Gasteiger partial charge in [0.15, 0.2) is 0 Å². The second kappa shape index (κ2) is 5.65. The molecule has 0 bridgehead atoms. The molecule has 0 saturated carbocycles. The summed E-state index contributed by atoms with van der Waals surface area (Å²) in [6, 6.07) is 10.9. The van der Waals surface area contributed by atoms with Gasteiger partial charge in [0.05, 0.1) is 0 Å². The van der Waals surface area contributed by atoms with E-state index in [1.165, 1.54) is 28.8 Å². The van der Waals surface area contributed by atoms with E-state index >= 15 is 0 Å². The van der Waals surface area contributed by atoms with Crippen LogP contribution in [0.25, 0.3) is 0 Å². The first-order chi connectivity index (χ1) is 7.78. The molecule has 0 saturated heterocycles. The van der Waals surface area contributed by atoms with Gasteiger partial charge in [-0.15, -0.1) is 11.3 Å². The van der Waals surface area contributed by atoms with Crippen LogP contribution in [0.5, 0.6) is 0 Å². The zero-order valence-corrected chi connectivity index (χ0v) is 11.8. The first-order valence-electron chi connectivity index (χ1n) is 5.58. The lowest BCUT2D eigenvalue weighted by Crippen LogP contribution is -1.84. The average Bonchev–Trinajstić information content (AvgIpc) is 2.66.